The Bertz CT molecular complexity index is 546. The minimum atomic E-state index is 0.0664. The summed E-state index contributed by atoms with van der Waals surface area (Å²) in [6, 6.07) is 5.95. The molecule has 2 atom stereocenters. The summed E-state index contributed by atoms with van der Waals surface area (Å²) in [5, 5.41) is 2.96. The van der Waals surface area contributed by atoms with Crippen LogP contribution < -0.4 is 10.2 Å². The van der Waals surface area contributed by atoms with Crippen LogP contribution in [0.1, 0.15) is 38.3 Å². The first kappa shape index (κ1) is 17.2. The van der Waals surface area contributed by atoms with E-state index in [-0.39, 0.29) is 12.0 Å². The molecule has 0 saturated carbocycles. The van der Waals surface area contributed by atoms with Crippen LogP contribution in [0.25, 0.3) is 0 Å². The van der Waals surface area contributed by atoms with Gasteiger partial charge < -0.3 is 19.7 Å². The Morgan fingerprint density at radius 2 is 2.17 bits per heavy atom. The van der Waals surface area contributed by atoms with E-state index in [0.717, 1.165) is 57.1 Å². The zero-order valence-corrected chi connectivity index (χ0v) is 14.4. The molecule has 6 heteroatoms. The van der Waals surface area contributed by atoms with Gasteiger partial charge in [-0.1, -0.05) is 6.07 Å². The molecule has 0 aromatic carbocycles. The average molecular weight is 333 g/mol. The summed E-state index contributed by atoms with van der Waals surface area (Å²) in [5.74, 6) is 1.02. The van der Waals surface area contributed by atoms with Gasteiger partial charge in [0, 0.05) is 19.5 Å². The van der Waals surface area contributed by atoms with Gasteiger partial charge in [0.15, 0.2) is 0 Å². The highest BCUT2D eigenvalue weighted by atomic mass is 16.5. The maximum absolute atomic E-state index is 12.0. The summed E-state index contributed by atoms with van der Waals surface area (Å²) in [6.45, 7) is 5.77. The number of hydrogen-bond donors (Lipinski definition) is 1. The zero-order valence-electron chi connectivity index (χ0n) is 14.4. The van der Waals surface area contributed by atoms with E-state index in [1.807, 2.05) is 18.2 Å². The Kier molecular flexibility index (Phi) is 6.04. The third-order valence-corrected chi connectivity index (χ3v) is 4.61. The summed E-state index contributed by atoms with van der Waals surface area (Å²) in [5.41, 5.74) is 0.887. The van der Waals surface area contributed by atoms with Gasteiger partial charge in [-0.2, -0.15) is 0 Å². The lowest BCUT2D eigenvalue weighted by atomic mass is 10.1. The minimum absolute atomic E-state index is 0.0664. The molecule has 3 heterocycles. The van der Waals surface area contributed by atoms with Crippen molar-refractivity contribution < 1.29 is 14.3 Å². The number of aromatic nitrogens is 1. The van der Waals surface area contributed by atoms with Crippen molar-refractivity contribution in [2.75, 3.05) is 31.2 Å². The lowest BCUT2D eigenvalue weighted by molar-refractivity contribution is -0.122. The van der Waals surface area contributed by atoms with Crippen LogP contribution >= 0.6 is 0 Å². The number of amides is 1. The first-order chi connectivity index (χ1) is 11.7. The number of morpholine rings is 1. The quantitative estimate of drug-likeness (QED) is 0.861. The van der Waals surface area contributed by atoms with E-state index >= 15 is 0 Å². The van der Waals surface area contributed by atoms with Gasteiger partial charge in [0.1, 0.15) is 5.82 Å². The molecule has 1 aromatic heterocycles. The fraction of sp³-hybridized carbons (Fsp3) is 0.667. The maximum Gasteiger partial charge on any atom is 0.220 e. The summed E-state index contributed by atoms with van der Waals surface area (Å²) >= 11 is 0. The van der Waals surface area contributed by atoms with Gasteiger partial charge in [0.25, 0.3) is 0 Å². The predicted molar refractivity (Wildman–Crippen MR) is 91.9 cm³/mol. The average Bonchev–Trinajstić information content (AvgIpc) is 3.04. The molecule has 24 heavy (non-hydrogen) atoms. The standard InChI is InChI=1S/C18H27N3O3/c1-14-5-6-16(24-14)7-8-18(22)19-13-15-3-2-4-17(20-15)21-9-11-23-12-10-21/h2-4,14,16H,5-13H2,1H3,(H,19,22). The van der Waals surface area contributed by atoms with Crippen molar-refractivity contribution in [3.8, 4) is 0 Å². The van der Waals surface area contributed by atoms with Gasteiger partial charge in [-0.3, -0.25) is 4.79 Å². The van der Waals surface area contributed by atoms with Gasteiger partial charge in [-0.25, -0.2) is 4.98 Å². The topological polar surface area (TPSA) is 63.7 Å². The number of carbonyl (C=O) groups is 1. The second-order valence-electron chi connectivity index (χ2n) is 6.55. The van der Waals surface area contributed by atoms with E-state index in [0.29, 0.717) is 19.1 Å². The van der Waals surface area contributed by atoms with Crippen molar-refractivity contribution in [2.24, 2.45) is 0 Å². The molecule has 2 aliphatic rings. The van der Waals surface area contributed by atoms with Crippen LogP contribution in [0.15, 0.2) is 18.2 Å². The van der Waals surface area contributed by atoms with Crippen molar-refractivity contribution in [2.45, 2.75) is 51.4 Å². The fourth-order valence-corrected chi connectivity index (χ4v) is 3.20. The highest BCUT2D eigenvalue weighted by molar-refractivity contribution is 5.75. The van der Waals surface area contributed by atoms with E-state index < -0.39 is 0 Å². The van der Waals surface area contributed by atoms with Crippen LogP contribution in [0, 0.1) is 0 Å². The molecule has 0 radical (unpaired) electrons. The van der Waals surface area contributed by atoms with E-state index in [1.54, 1.807) is 0 Å². The van der Waals surface area contributed by atoms with E-state index in [1.165, 1.54) is 0 Å². The normalized spacial score (nSPS) is 24.1. The van der Waals surface area contributed by atoms with Gasteiger partial charge in [-0.15, -0.1) is 0 Å². The minimum Gasteiger partial charge on any atom is -0.378 e. The van der Waals surface area contributed by atoms with Crippen molar-refractivity contribution in [1.29, 1.82) is 0 Å². The van der Waals surface area contributed by atoms with Gasteiger partial charge in [-0.05, 0) is 38.3 Å². The molecule has 2 unspecified atom stereocenters. The molecule has 2 aliphatic heterocycles. The number of carbonyl (C=O) groups excluding carboxylic acids is 1. The monoisotopic (exact) mass is 333 g/mol. The van der Waals surface area contributed by atoms with Gasteiger partial charge in [0.05, 0.1) is 37.7 Å². The van der Waals surface area contributed by atoms with Crippen molar-refractivity contribution in [3.63, 3.8) is 0 Å². The predicted octanol–water partition coefficient (Wildman–Crippen LogP) is 1.88. The molecular formula is C18H27N3O3. The molecule has 0 bridgehead atoms. The Morgan fingerprint density at radius 1 is 1.33 bits per heavy atom. The summed E-state index contributed by atoms with van der Waals surface area (Å²) < 4.78 is 11.1. The number of rotatable bonds is 6. The third kappa shape index (κ3) is 4.92. The Labute approximate surface area is 143 Å². The van der Waals surface area contributed by atoms with E-state index in [9.17, 15) is 4.79 Å². The fourth-order valence-electron chi connectivity index (χ4n) is 3.20. The van der Waals surface area contributed by atoms with E-state index in [4.69, 9.17) is 9.47 Å². The molecule has 0 aliphatic carbocycles. The number of hydrogen-bond acceptors (Lipinski definition) is 5. The summed E-state index contributed by atoms with van der Waals surface area (Å²) in [4.78, 5) is 18.9. The van der Waals surface area contributed by atoms with Crippen LogP contribution in [0.4, 0.5) is 5.82 Å². The Balaban J connectivity index is 1.43. The largest absolute Gasteiger partial charge is 0.378 e. The highest BCUT2D eigenvalue weighted by Gasteiger charge is 2.22. The number of nitrogens with one attached hydrogen (secondary N) is 1. The first-order valence-corrected chi connectivity index (χ1v) is 8.91. The van der Waals surface area contributed by atoms with Crippen LogP contribution in [-0.2, 0) is 20.8 Å². The van der Waals surface area contributed by atoms with Crippen molar-refractivity contribution in [1.82, 2.24) is 10.3 Å². The van der Waals surface area contributed by atoms with Crippen LogP contribution in [-0.4, -0.2) is 49.4 Å². The SMILES string of the molecule is CC1CCC(CCC(=O)NCc2cccc(N3CCOCC3)n2)O1. The molecule has 3 rings (SSSR count). The number of pyridine rings is 1. The molecule has 2 saturated heterocycles. The summed E-state index contributed by atoms with van der Waals surface area (Å²) in [6.07, 6.45) is 4.07. The second-order valence-corrected chi connectivity index (χ2v) is 6.55. The van der Waals surface area contributed by atoms with Crippen molar-refractivity contribution in [3.05, 3.63) is 23.9 Å². The molecule has 6 nitrogen and oxygen atoms in total. The smallest absolute Gasteiger partial charge is 0.220 e. The van der Waals surface area contributed by atoms with Crippen LogP contribution in [0.5, 0.6) is 0 Å². The summed E-state index contributed by atoms with van der Waals surface area (Å²) in [7, 11) is 0. The number of ether oxygens (including phenoxy) is 2. The van der Waals surface area contributed by atoms with Crippen LogP contribution in [0.3, 0.4) is 0 Å². The molecule has 1 aromatic rings. The zero-order chi connectivity index (χ0) is 16.8. The molecule has 1 N–H and O–H groups in total. The molecule has 0 spiro atoms. The Hall–Kier alpha value is -1.66. The van der Waals surface area contributed by atoms with Crippen molar-refractivity contribution >= 4 is 11.7 Å². The highest BCUT2D eigenvalue weighted by Crippen LogP contribution is 2.22. The van der Waals surface area contributed by atoms with Gasteiger partial charge in [0.2, 0.25) is 5.91 Å². The second kappa shape index (κ2) is 8.44. The lowest BCUT2D eigenvalue weighted by Crippen LogP contribution is -2.37. The molecule has 1 amide bonds. The molecule has 132 valence electrons. The lowest BCUT2D eigenvalue weighted by Gasteiger charge is -2.28. The van der Waals surface area contributed by atoms with E-state index in [2.05, 4.69) is 22.1 Å². The molecular weight excluding hydrogens is 306 g/mol. The first-order valence-electron chi connectivity index (χ1n) is 8.91. The third-order valence-electron chi connectivity index (χ3n) is 4.61. The maximum atomic E-state index is 12.0. The number of anilines is 1. The Morgan fingerprint density at radius 3 is 2.92 bits per heavy atom. The van der Waals surface area contributed by atoms with Gasteiger partial charge >= 0.3 is 0 Å². The van der Waals surface area contributed by atoms with Crippen LogP contribution in [0.2, 0.25) is 0 Å². The molecule has 2 fully saturated rings. The number of nitrogens with zero attached hydrogens (tertiary/aromatic N) is 2.